The maximum atomic E-state index is 14.1. The smallest absolute Gasteiger partial charge is 0.238 e. The first-order valence-electron chi connectivity index (χ1n) is 13.7. The summed E-state index contributed by atoms with van der Waals surface area (Å²) in [5.74, 6) is -0.739. The number of halogens is 1. The Kier molecular flexibility index (Phi) is 8.03. The first kappa shape index (κ1) is 28.4. The molecule has 2 saturated carbocycles. The Morgan fingerprint density at radius 2 is 1.92 bits per heavy atom. The fraction of sp³-hybridized carbons (Fsp3) is 0.586. The second kappa shape index (κ2) is 11.0. The minimum atomic E-state index is -3.97. The SMILES string of the molecule is CC1(C)C2CCC1(CS(=O)(=O)N(CC(=O)N(Cc1ccc(F)cc1)Cc1cccs1)CC1CCCO1)C(=O)C2. The minimum Gasteiger partial charge on any atom is -0.377 e. The number of nitrogens with zero attached hydrogens (tertiary/aromatic N) is 2. The monoisotopic (exact) mass is 576 g/mol. The average molecular weight is 577 g/mol. The van der Waals surface area contributed by atoms with Crippen molar-refractivity contribution in [1.29, 1.82) is 0 Å². The first-order valence-corrected chi connectivity index (χ1v) is 16.2. The lowest BCUT2D eigenvalue weighted by Gasteiger charge is -2.38. The number of amides is 1. The van der Waals surface area contributed by atoms with Crippen molar-refractivity contribution in [2.24, 2.45) is 16.7 Å². The van der Waals surface area contributed by atoms with Crippen molar-refractivity contribution in [1.82, 2.24) is 9.21 Å². The third kappa shape index (κ3) is 5.71. The number of thiophene rings is 1. The molecule has 2 aromatic rings. The average Bonchev–Trinajstić information content (AvgIpc) is 3.66. The van der Waals surface area contributed by atoms with E-state index in [0.717, 1.165) is 29.7 Å². The maximum Gasteiger partial charge on any atom is 0.238 e. The van der Waals surface area contributed by atoms with Crippen molar-refractivity contribution >= 4 is 33.1 Å². The Morgan fingerprint density at radius 3 is 2.51 bits per heavy atom. The molecule has 0 radical (unpaired) electrons. The van der Waals surface area contributed by atoms with Gasteiger partial charge in [0, 0.05) is 36.4 Å². The van der Waals surface area contributed by atoms with Crippen LogP contribution in [-0.4, -0.2) is 60.9 Å². The van der Waals surface area contributed by atoms with Gasteiger partial charge in [-0.15, -0.1) is 11.3 Å². The Hall–Kier alpha value is -2.14. The van der Waals surface area contributed by atoms with Gasteiger partial charge in [-0.25, -0.2) is 12.8 Å². The summed E-state index contributed by atoms with van der Waals surface area (Å²) in [4.78, 5) is 29.5. The molecule has 39 heavy (non-hydrogen) atoms. The summed E-state index contributed by atoms with van der Waals surface area (Å²) in [6.07, 6.45) is 3.14. The van der Waals surface area contributed by atoms with Crippen LogP contribution in [0, 0.1) is 22.6 Å². The van der Waals surface area contributed by atoms with Gasteiger partial charge >= 0.3 is 0 Å². The predicted molar refractivity (Wildman–Crippen MR) is 148 cm³/mol. The molecule has 3 aliphatic rings. The van der Waals surface area contributed by atoms with E-state index in [1.165, 1.54) is 27.8 Å². The molecule has 1 aromatic carbocycles. The molecule has 1 aromatic heterocycles. The van der Waals surface area contributed by atoms with Crippen LogP contribution in [0.15, 0.2) is 41.8 Å². The van der Waals surface area contributed by atoms with Crippen LogP contribution >= 0.6 is 11.3 Å². The molecule has 0 spiro atoms. The zero-order chi connectivity index (χ0) is 27.8. The normalized spacial score (nSPS) is 26.0. The molecule has 2 heterocycles. The highest BCUT2D eigenvalue weighted by Crippen LogP contribution is 2.64. The van der Waals surface area contributed by atoms with Gasteiger partial charge in [0.25, 0.3) is 0 Å². The van der Waals surface area contributed by atoms with E-state index in [1.54, 1.807) is 17.0 Å². The summed E-state index contributed by atoms with van der Waals surface area (Å²) in [6, 6.07) is 9.81. The number of hydrogen-bond donors (Lipinski definition) is 0. The Balaban J connectivity index is 1.40. The van der Waals surface area contributed by atoms with Gasteiger partial charge in [-0.3, -0.25) is 9.59 Å². The molecule has 3 atom stereocenters. The van der Waals surface area contributed by atoms with E-state index in [0.29, 0.717) is 26.0 Å². The molecule has 1 saturated heterocycles. The molecule has 7 nitrogen and oxygen atoms in total. The third-order valence-corrected chi connectivity index (χ3v) is 12.1. The fourth-order valence-electron chi connectivity index (χ4n) is 6.69. The molecular formula is C29H37FN2O5S2. The van der Waals surface area contributed by atoms with E-state index in [9.17, 15) is 22.4 Å². The zero-order valence-electron chi connectivity index (χ0n) is 22.6. The van der Waals surface area contributed by atoms with Crippen molar-refractivity contribution in [2.75, 3.05) is 25.4 Å². The van der Waals surface area contributed by atoms with Gasteiger partial charge < -0.3 is 9.64 Å². The second-order valence-electron chi connectivity index (χ2n) is 11.8. The molecule has 10 heteroatoms. The van der Waals surface area contributed by atoms with Crippen LogP contribution in [-0.2, 0) is 37.4 Å². The summed E-state index contributed by atoms with van der Waals surface area (Å²) in [7, 11) is -3.97. The highest BCUT2D eigenvalue weighted by Gasteiger charge is 2.65. The molecule has 1 amide bonds. The zero-order valence-corrected chi connectivity index (χ0v) is 24.2. The van der Waals surface area contributed by atoms with E-state index in [-0.39, 0.29) is 54.9 Å². The highest BCUT2D eigenvalue weighted by molar-refractivity contribution is 7.89. The number of benzene rings is 1. The van der Waals surface area contributed by atoms with Gasteiger partial charge in [-0.05, 0) is 66.2 Å². The van der Waals surface area contributed by atoms with E-state index < -0.39 is 20.9 Å². The van der Waals surface area contributed by atoms with Gasteiger partial charge in [0.05, 0.1) is 24.9 Å². The number of ether oxygens (including phenoxy) is 1. The summed E-state index contributed by atoms with van der Waals surface area (Å²) in [5, 5.41) is 1.93. The largest absolute Gasteiger partial charge is 0.377 e. The number of carbonyl (C=O) groups excluding carboxylic acids is 2. The van der Waals surface area contributed by atoms with Gasteiger partial charge in [-0.2, -0.15) is 4.31 Å². The lowest BCUT2D eigenvalue weighted by atomic mass is 9.70. The van der Waals surface area contributed by atoms with Crippen molar-refractivity contribution in [3.05, 3.63) is 58.0 Å². The summed E-state index contributed by atoms with van der Waals surface area (Å²) in [5.41, 5.74) is -0.562. The van der Waals surface area contributed by atoms with Gasteiger partial charge in [0.1, 0.15) is 11.6 Å². The number of fused-ring (bicyclic) bond motifs is 2. The Labute approximate surface area is 234 Å². The molecule has 1 aliphatic heterocycles. The maximum absolute atomic E-state index is 14.1. The molecule has 0 N–H and O–H groups in total. The molecular weight excluding hydrogens is 539 g/mol. The number of rotatable bonds is 11. The number of ketones is 1. The van der Waals surface area contributed by atoms with Crippen LogP contribution in [0.5, 0.6) is 0 Å². The highest BCUT2D eigenvalue weighted by atomic mass is 32.2. The van der Waals surface area contributed by atoms with Crippen molar-refractivity contribution in [2.45, 2.75) is 65.1 Å². The van der Waals surface area contributed by atoms with E-state index in [4.69, 9.17) is 4.74 Å². The predicted octanol–water partition coefficient (Wildman–Crippen LogP) is 4.62. The summed E-state index contributed by atoms with van der Waals surface area (Å²) >= 11 is 1.52. The lowest BCUT2D eigenvalue weighted by Crippen LogP contribution is -2.50. The van der Waals surface area contributed by atoms with Crippen molar-refractivity contribution < 1.29 is 27.1 Å². The van der Waals surface area contributed by atoms with Crippen LogP contribution in [0.1, 0.15) is 56.4 Å². The van der Waals surface area contributed by atoms with Crippen LogP contribution in [0.3, 0.4) is 0 Å². The number of sulfonamides is 1. The minimum absolute atomic E-state index is 0.0337. The standard InChI is InChI=1S/C29H37FN2O5S2/c1-28(2)22-11-12-29(28,26(33)15-22)20-39(35,36)32(17-24-5-3-13-37-24)19-27(34)31(18-25-6-4-14-38-25)16-21-7-9-23(30)10-8-21/h4,6-10,14,22,24H,3,5,11-13,15-20H2,1-2H3. The molecule has 5 rings (SSSR count). The van der Waals surface area contributed by atoms with Crippen LogP contribution in [0.4, 0.5) is 4.39 Å². The summed E-state index contributed by atoms with van der Waals surface area (Å²) in [6.45, 7) is 4.91. The Bertz CT molecular complexity index is 1290. The van der Waals surface area contributed by atoms with Crippen LogP contribution in [0.2, 0.25) is 0 Å². The molecule has 3 fully saturated rings. The van der Waals surface area contributed by atoms with Gasteiger partial charge in [0.2, 0.25) is 15.9 Å². The number of carbonyl (C=O) groups is 2. The fourth-order valence-corrected chi connectivity index (χ4v) is 9.59. The van der Waals surface area contributed by atoms with E-state index in [2.05, 4.69) is 0 Å². The van der Waals surface area contributed by atoms with E-state index in [1.807, 2.05) is 31.4 Å². The molecule has 212 valence electrons. The number of hydrogen-bond acceptors (Lipinski definition) is 6. The Morgan fingerprint density at radius 1 is 1.15 bits per heavy atom. The topological polar surface area (TPSA) is 84.0 Å². The van der Waals surface area contributed by atoms with E-state index >= 15 is 0 Å². The van der Waals surface area contributed by atoms with Crippen LogP contribution < -0.4 is 0 Å². The lowest BCUT2D eigenvalue weighted by molar-refractivity contribution is -0.132. The number of Topliss-reactive ketones (excluding diaryl/α,β-unsaturated/α-hetero) is 1. The van der Waals surface area contributed by atoms with Gasteiger partial charge in [-0.1, -0.05) is 32.0 Å². The molecule has 3 unspecified atom stereocenters. The summed E-state index contributed by atoms with van der Waals surface area (Å²) < 4.78 is 48.7. The van der Waals surface area contributed by atoms with Gasteiger partial charge in [0.15, 0.2) is 0 Å². The first-order chi connectivity index (χ1) is 18.5. The second-order valence-corrected chi connectivity index (χ2v) is 14.8. The van der Waals surface area contributed by atoms with Crippen LogP contribution in [0.25, 0.3) is 0 Å². The molecule has 2 aliphatic carbocycles. The molecule has 2 bridgehead atoms. The van der Waals surface area contributed by atoms with Crippen molar-refractivity contribution in [3.63, 3.8) is 0 Å². The third-order valence-electron chi connectivity index (χ3n) is 9.27. The van der Waals surface area contributed by atoms with Crippen molar-refractivity contribution in [3.8, 4) is 0 Å². The quantitative estimate of drug-likeness (QED) is 0.390.